The molecular formula is C51H33N5. The van der Waals surface area contributed by atoms with Gasteiger partial charge in [-0.05, 0) is 95.6 Å². The minimum absolute atomic E-state index is 0.838. The van der Waals surface area contributed by atoms with Crippen molar-refractivity contribution in [3.63, 3.8) is 0 Å². The zero-order valence-corrected chi connectivity index (χ0v) is 30.3. The van der Waals surface area contributed by atoms with Crippen LogP contribution in [0, 0.1) is 0 Å². The number of benzene rings is 6. The van der Waals surface area contributed by atoms with Crippen molar-refractivity contribution in [1.82, 2.24) is 24.1 Å². The monoisotopic (exact) mass is 715 g/mol. The molecule has 0 N–H and O–H groups in total. The summed E-state index contributed by atoms with van der Waals surface area (Å²) in [6.45, 7) is 0. The van der Waals surface area contributed by atoms with E-state index < -0.39 is 0 Å². The van der Waals surface area contributed by atoms with Gasteiger partial charge in [-0.25, -0.2) is 4.98 Å². The Morgan fingerprint density at radius 2 is 1.05 bits per heavy atom. The molecule has 0 bridgehead atoms. The Labute approximate surface area is 323 Å². The van der Waals surface area contributed by atoms with Crippen LogP contribution in [0.5, 0.6) is 0 Å². The number of hydrogen-bond donors (Lipinski definition) is 0. The van der Waals surface area contributed by atoms with E-state index in [-0.39, 0.29) is 0 Å². The van der Waals surface area contributed by atoms with E-state index in [0.717, 1.165) is 83.7 Å². The minimum Gasteiger partial charge on any atom is -0.309 e. The van der Waals surface area contributed by atoms with Crippen LogP contribution in [0.25, 0.3) is 100 Å². The Morgan fingerprint density at radius 3 is 1.93 bits per heavy atom. The Bertz CT molecular complexity index is 3180. The van der Waals surface area contributed by atoms with Crippen molar-refractivity contribution in [3.8, 4) is 56.3 Å². The number of aromatic nitrogens is 5. The van der Waals surface area contributed by atoms with Crippen molar-refractivity contribution < 1.29 is 0 Å². The highest BCUT2D eigenvalue weighted by Gasteiger charge is 2.19. The molecule has 0 spiro atoms. The van der Waals surface area contributed by atoms with Crippen LogP contribution in [-0.4, -0.2) is 24.1 Å². The average molecular weight is 716 g/mol. The van der Waals surface area contributed by atoms with E-state index >= 15 is 0 Å². The van der Waals surface area contributed by atoms with Crippen LogP contribution in [0.2, 0.25) is 0 Å². The molecule has 0 unspecified atom stereocenters. The van der Waals surface area contributed by atoms with E-state index in [1.54, 1.807) is 0 Å². The van der Waals surface area contributed by atoms with Gasteiger partial charge in [-0.15, -0.1) is 0 Å². The Hall–Kier alpha value is -7.63. The highest BCUT2D eigenvalue weighted by molar-refractivity contribution is 6.15. The number of para-hydroxylation sites is 3. The summed E-state index contributed by atoms with van der Waals surface area (Å²) in [6.07, 6.45) is 3.70. The molecule has 11 rings (SSSR count). The van der Waals surface area contributed by atoms with Gasteiger partial charge in [0.15, 0.2) is 0 Å². The molecule has 0 atom stereocenters. The second-order valence-corrected chi connectivity index (χ2v) is 14.1. The van der Waals surface area contributed by atoms with Crippen LogP contribution in [0.3, 0.4) is 0 Å². The second kappa shape index (κ2) is 13.0. The lowest BCUT2D eigenvalue weighted by Gasteiger charge is -2.15. The molecule has 5 heteroatoms. The van der Waals surface area contributed by atoms with Gasteiger partial charge in [-0.2, -0.15) is 0 Å². The molecule has 0 aliphatic carbocycles. The van der Waals surface area contributed by atoms with Crippen molar-refractivity contribution in [3.05, 3.63) is 200 Å². The standard InChI is InChI=1S/C51H33N5/c1-3-14-34(15-4-1)45-31-37(32-46(54-45)44-23-9-10-28-52-44)35-16-11-19-39(30-35)56-47-24-8-7-20-41(47)42-22-12-21-40(51(42)56)36-26-27-43-49(33-36)55(38-17-5-2-6-18-38)48-25-13-29-53-50(43)48/h1-33H. The smallest absolute Gasteiger partial charge is 0.0963 e. The van der Waals surface area contributed by atoms with E-state index in [4.69, 9.17) is 9.97 Å². The molecule has 56 heavy (non-hydrogen) atoms. The third kappa shape index (κ3) is 5.21. The molecule has 0 saturated carbocycles. The number of nitrogens with zero attached hydrogens (tertiary/aromatic N) is 5. The topological polar surface area (TPSA) is 48.5 Å². The number of pyridine rings is 3. The summed E-state index contributed by atoms with van der Waals surface area (Å²) in [5, 5.41) is 3.55. The first-order valence-corrected chi connectivity index (χ1v) is 18.9. The molecule has 0 fully saturated rings. The van der Waals surface area contributed by atoms with Crippen molar-refractivity contribution in [1.29, 1.82) is 0 Å². The van der Waals surface area contributed by atoms with Crippen molar-refractivity contribution in [2.75, 3.05) is 0 Å². The molecule has 0 aliphatic heterocycles. The zero-order valence-electron chi connectivity index (χ0n) is 30.3. The predicted octanol–water partition coefficient (Wildman–Crippen LogP) is 12.7. The highest BCUT2D eigenvalue weighted by atomic mass is 15.0. The molecule has 0 aliphatic rings. The van der Waals surface area contributed by atoms with Gasteiger partial charge in [0.2, 0.25) is 0 Å². The maximum Gasteiger partial charge on any atom is 0.0963 e. The fourth-order valence-corrected chi connectivity index (χ4v) is 8.30. The van der Waals surface area contributed by atoms with Gasteiger partial charge >= 0.3 is 0 Å². The van der Waals surface area contributed by atoms with Crippen molar-refractivity contribution >= 4 is 43.7 Å². The normalized spacial score (nSPS) is 11.6. The first-order chi connectivity index (χ1) is 27.8. The quantitative estimate of drug-likeness (QED) is 0.172. The maximum atomic E-state index is 5.09. The highest BCUT2D eigenvalue weighted by Crippen LogP contribution is 2.41. The maximum absolute atomic E-state index is 5.09. The third-order valence-corrected chi connectivity index (χ3v) is 10.8. The molecule has 0 amide bonds. The Morgan fingerprint density at radius 1 is 0.339 bits per heavy atom. The van der Waals surface area contributed by atoms with E-state index in [9.17, 15) is 0 Å². The lowest BCUT2D eigenvalue weighted by molar-refractivity contribution is 1.17. The van der Waals surface area contributed by atoms with Crippen LogP contribution in [0.4, 0.5) is 0 Å². The van der Waals surface area contributed by atoms with Crippen molar-refractivity contribution in [2.45, 2.75) is 0 Å². The molecule has 262 valence electrons. The SMILES string of the molecule is c1ccc(-c2cc(-c3cccc(-n4c5ccccc5c5cccc(-c6ccc7c8ncccc8n(-c8ccccc8)c7c6)c54)c3)cc(-c3ccccn3)n2)cc1. The van der Waals surface area contributed by atoms with Gasteiger partial charge in [0.1, 0.15) is 0 Å². The molecule has 5 aromatic heterocycles. The molecule has 5 nitrogen and oxygen atoms in total. The summed E-state index contributed by atoms with van der Waals surface area (Å²) >= 11 is 0. The molecular weight excluding hydrogens is 683 g/mol. The fourth-order valence-electron chi connectivity index (χ4n) is 8.30. The van der Waals surface area contributed by atoms with Crippen LogP contribution < -0.4 is 0 Å². The second-order valence-electron chi connectivity index (χ2n) is 14.1. The summed E-state index contributed by atoms with van der Waals surface area (Å²) in [4.78, 5) is 14.6. The summed E-state index contributed by atoms with van der Waals surface area (Å²) < 4.78 is 4.76. The van der Waals surface area contributed by atoms with Gasteiger partial charge in [0.25, 0.3) is 0 Å². The van der Waals surface area contributed by atoms with Gasteiger partial charge in [-0.1, -0.05) is 109 Å². The Balaban J connectivity index is 1.13. The van der Waals surface area contributed by atoms with Crippen LogP contribution in [0.15, 0.2) is 200 Å². The molecule has 6 aromatic carbocycles. The third-order valence-electron chi connectivity index (χ3n) is 10.8. The number of rotatable bonds is 6. The molecule has 11 aromatic rings. The summed E-state index contributed by atoms with van der Waals surface area (Å²) in [5.74, 6) is 0. The predicted molar refractivity (Wildman–Crippen MR) is 230 cm³/mol. The number of fused-ring (bicyclic) bond motifs is 6. The number of hydrogen-bond acceptors (Lipinski definition) is 3. The minimum atomic E-state index is 0.838. The van der Waals surface area contributed by atoms with Gasteiger partial charge in [0.05, 0.1) is 44.7 Å². The first-order valence-electron chi connectivity index (χ1n) is 18.9. The summed E-state index contributed by atoms with van der Waals surface area (Å²) in [5.41, 5.74) is 15.9. The summed E-state index contributed by atoms with van der Waals surface area (Å²) in [6, 6.07) is 66.5. The van der Waals surface area contributed by atoms with E-state index in [2.05, 4.69) is 172 Å². The van der Waals surface area contributed by atoms with Crippen LogP contribution in [0.1, 0.15) is 0 Å². The van der Waals surface area contributed by atoms with Gasteiger partial charge < -0.3 is 9.13 Å². The lowest BCUT2D eigenvalue weighted by Crippen LogP contribution is -1.97. The first kappa shape index (κ1) is 31.9. The zero-order chi connectivity index (χ0) is 37.0. The molecule has 0 saturated heterocycles. The van der Waals surface area contributed by atoms with Gasteiger partial charge in [0, 0.05) is 51.1 Å². The average Bonchev–Trinajstić information content (AvgIpc) is 3.80. The van der Waals surface area contributed by atoms with Crippen molar-refractivity contribution in [2.24, 2.45) is 0 Å². The van der Waals surface area contributed by atoms with E-state index in [1.165, 1.54) is 16.3 Å². The molecule has 5 heterocycles. The fraction of sp³-hybridized carbons (Fsp3) is 0. The summed E-state index contributed by atoms with van der Waals surface area (Å²) in [7, 11) is 0. The lowest BCUT2D eigenvalue weighted by atomic mass is 10.00. The van der Waals surface area contributed by atoms with Crippen LogP contribution >= 0.6 is 0 Å². The Kier molecular flexibility index (Phi) is 7.42. The van der Waals surface area contributed by atoms with Gasteiger partial charge in [-0.3, -0.25) is 9.97 Å². The van der Waals surface area contributed by atoms with E-state index in [0.29, 0.717) is 0 Å². The van der Waals surface area contributed by atoms with E-state index in [1.807, 2.05) is 42.7 Å². The van der Waals surface area contributed by atoms with Crippen LogP contribution in [-0.2, 0) is 0 Å². The molecule has 0 radical (unpaired) electrons. The largest absolute Gasteiger partial charge is 0.309 e.